The molecule has 1 aliphatic heterocycles. The Morgan fingerprint density at radius 3 is 1.86 bits per heavy atom. The molecular weight excluding hydrogens is 368 g/mol. The number of benzene rings is 4. The number of para-hydroxylation sites is 2. The van der Waals surface area contributed by atoms with Gasteiger partial charge in [0, 0.05) is 21.7 Å². The molecule has 28 heavy (non-hydrogen) atoms. The van der Waals surface area contributed by atoms with Crippen LogP contribution in [-0.2, 0) is 5.60 Å². The molecule has 0 amide bonds. The molecule has 0 fully saturated rings. The number of fused-ring (bicyclic) bond motifs is 2. The molecule has 0 saturated carbocycles. The maximum absolute atomic E-state index is 12.2. The minimum Gasteiger partial charge on any atom is -0.457 e. The van der Waals surface area contributed by atoms with E-state index in [2.05, 4.69) is 0 Å². The molecule has 1 aliphatic rings. The predicted octanol–water partition coefficient (Wildman–Crippen LogP) is 6.40. The lowest BCUT2D eigenvalue weighted by molar-refractivity contribution is 0.113. The number of aliphatic hydroxyl groups is 1. The molecule has 4 aromatic carbocycles. The van der Waals surface area contributed by atoms with Crippen LogP contribution in [0.1, 0.15) is 16.7 Å². The number of hydrogen-bond donors (Lipinski definition) is 1. The minimum absolute atomic E-state index is 0.657. The van der Waals surface area contributed by atoms with Gasteiger partial charge in [-0.1, -0.05) is 84.4 Å². The molecule has 0 aromatic heterocycles. The standard InChI is InChI=1S/C25H17ClO2/c26-18-9-7-8-17(16-18)19-10-1-2-11-20(19)25(27)21-12-3-5-14-23(21)28-24-15-6-4-13-22(24)25/h1-16,27H. The summed E-state index contributed by atoms with van der Waals surface area (Å²) in [7, 11) is 0. The number of rotatable bonds is 2. The molecule has 4 aromatic rings. The van der Waals surface area contributed by atoms with Crippen molar-refractivity contribution in [3.8, 4) is 22.6 Å². The summed E-state index contributed by atoms with van der Waals surface area (Å²) in [6.07, 6.45) is 0. The Morgan fingerprint density at radius 2 is 1.21 bits per heavy atom. The first-order chi connectivity index (χ1) is 13.7. The van der Waals surface area contributed by atoms with E-state index in [4.69, 9.17) is 16.3 Å². The number of ether oxygens (including phenoxy) is 1. The summed E-state index contributed by atoms with van der Waals surface area (Å²) < 4.78 is 6.08. The molecule has 0 saturated heterocycles. The second kappa shape index (κ2) is 6.52. The molecule has 0 radical (unpaired) electrons. The fourth-order valence-corrected chi connectivity index (χ4v) is 4.16. The van der Waals surface area contributed by atoms with Crippen LogP contribution in [0.5, 0.6) is 11.5 Å². The van der Waals surface area contributed by atoms with Gasteiger partial charge in [-0.3, -0.25) is 0 Å². The normalized spacial score (nSPS) is 13.9. The first-order valence-electron chi connectivity index (χ1n) is 9.12. The van der Waals surface area contributed by atoms with Gasteiger partial charge in [0.25, 0.3) is 0 Å². The van der Waals surface area contributed by atoms with E-state index in [9.17, 15) is 5.11 Å². The van der Waals surface area contributed by atoms with Gasteiger partial charge in [-0.05, 0) is 35.4 Å². The van der Waals surface area contributed by atoms with Gasteiger partial charge in [-0.2, -0.15) is 0 Å². The number of halogens is 1. The molecule has 0 spiro atoms. The lowest BCUT2D eigenvalue weighted by Gasteiger charge is -2.37. The second-order valence-electron chi connectivity index (χ2n) is 6.86. The van der Waals surface area contributed by atoms with Crippen molar-refractivity contribution in [1.29, 1.82) is 0 Å². The lowest BCUT2D eigenvalue weighted by Crippen LogP contribution is -2.33. The van der Waals surface area contributed by atoms with Crippen molar-refractivity contribution in [3.05, 3.63) is 119 Å². The smallest absolute Gasteiger partial charge is 0.148 e. The molecule has 3 heteroatoms. The highest BCUT2D eigenvalue weighted by Gasteiger charge is 2.43. The fourth-order valence-electron chi connectivity index (χ4n) is 3.97. The quantitative estimate of drug-likeness (QED) is 0.433. The third-order valence-electron chi connectivity index (χ3n) is 5.23. The van der Waals surface area contributed by atoms with Gasteiger partial charge in [0.05, 0.1) is 0 Å². The first-order valence-corrected chi connectivity index (χ1v) is 9.50. The van der Waals surface area contributed by atoms with Crippen molar-refractivity contribution in [3.63, 3.8) is 0 Å². The molecule has 0 atom stereocenters. The van der Waals surface area contributed by atoms with E-state index in [-0.39, 0.29) is 0 Å². The van der Waals surface area contributed by atoms with E-state index in [1.54, 1.807) is 0 Å². The largest absolute Gasteiger partial charge is 0.457 e. The minimum atomic E-state index is -1.34. The van der Waals surface area contributed by atoms with Gasteiger partial charge in [-0.15, -0.1) is 0 Å². The first kappa shape index (κ1) is 17.1. The number of hydrogen-bond acceptors (Lipinski definition) is 2. The zero-order chi connectivity index (χ0) is 19.1. The van der Waals surface area contributed by atoms with Crippen molar-refractivity contribution in [2.45, 2.75) is 5.60 Å². The van der Waals surface area contributed by atoms with Gasteiger partial charge in [0.1, 0.15) is 17.1 Å². The Hall–Kier alpha value is -3.07. The molecule has 136 valence electrons. The average molecular weight is 385 g/mol. The molecular formula is C25H17ClO2. The van der Waals surface area contributed by atoms with E-state index in [1.807, 2.05) is 97.1 Å². The van der Waals surface area contributed by atoms with Crippen LogP contribution >= 0.6 is 11.6 Å². The van der Waals surface area contributed by atoms with Crippen LogP contribution in [0.25, 0.3) is 11.1 Å². The molecule has 0 aliphatic carbocycles. The van der Waals surface area contributed by atoms with Crippen molar-refractivity contribution >= 4 is 11.6 Å². The Kier molecular flexibility index (Phi) is 3.97. The Labute approximate surface area is 168 Å². The van der Waals surface area contributed by atoms with Crippen LogP contribution in [0.2, 0.25) is 5.02 Å². The zero-order valence-electron chi connectivity index (χ0n) is 15.0. The molecule has 0 bridgehead atoms. The van der Waals surface area contributed by atoms with Crippen molar-refractivity contribution in [2.75, 3.05) is 0 Å². The summed E-state index contributed by atoms with van der Waals surface area (Å²) in [5.74, 6) is 1.31. The third kappa shape index (κ3) is 2.54. The monoisotopic (exact) mass is 384 g/mol. The Bertz CT molecular complexity index is 1140. The molecule has 1 heterocycles. The topological polar surface area (TPSA) is 29.5 Å². The van der Waals surface area contributed by atoms with E-state index in [0.29, 0.717) is 16.5 Å². The second-order valence-corrected chi connectivity index (χ2v) is 7.30. The summed E-state index contributed by atoms with van der Waals surface area (Å²) in [6, 6.07) is 30.9. The van der Waals surface area contributed by atoms with Crippen molar-refractivity contribution in [2.24, 2.45) is 0 Å². The van der Waals surface area contributed by atoms with Crippen LogP contribution in [-0.4, -0.2) is 5.11 Å². The van der Waals surface area contributed by atoms with Crippen molar-refractivity contribution < 1.29 is 9.84 Å². The van der Waals surface area contributed by atoms with Gasteiger partial charge < -0.3 is 9.84 Å². The van der Waals surface area contributed by atoms with Crippen LogP contribution in [0, 0.1) is 0 Å². The molecule has 2 nitrogen and oxygen atoms in total. The average Bonchev–Trinajstić information content (AvgIpc) is 2.74. The zero-order valence-corrected chi connectivity index (χ0v) is 15.7. The van der Waals surface area contributed by atoms with Crippen LogP contribution in [0.4, 0.5) is 0 Å². The van der Waals surface area contributed by atoms with Gasteiger partial charge in [0.2, 0.25) is 0 Å². The third-order valence-corrected chi connectivity index (χ3v) is 5.46. The van der Waals surface area contributed by atoms with E-state index in [0.717, 1.165) is 27.8 Å². The highest BCUT2D eigenvalue weighted by molar-refractivity contribution is 6.30. The van der Waals surface area contributed by atoms with Crippen LogP contribution in [0.3, 0.4) is 0 Å². The maximum Gasteiger partial charge on any atom is 0.148 e. The summed E-state index contributed by atoms with van der Waals surface area (Å²) in [4.78, 5) is 0. The highest BCUT2D eigenvalue weighted by Crippen LogP contribution is 2.51. The highest BCUT2D eigenvalue weighted by atomic mass is 35.5. The molecule has 1 N–H and O–H groups in total. The molecule has 5 rings (SSSR count). The van der Waals surface area contributed by atoms with Gasteiger partial charge in [0.15, 0.2) is 0 Å². The van der Waals surface area contributed by atoms with Crippen LogP contribution < -0.4 is 4.74 Å². The van der Waals surface area contributed by atoms with Gasteiger partial charge in [-0.25, -0.2) is 0 Å². The Morgan fingerprint density at radius 1 is 0.643 bits per heavy atom. The van der Waals surface area contributed by atoms with Crippen LogP contribution in [0.15, 0.2) is 97.1 Å². The van der Waals surface area contributed by atoms with E-state index >= 15 is 0 Å². The summed E-state index contributed by atoms with van der Waals surface area (Å²) in [5.41, 5.74) is 2.79. The van der Waals surface area contributed by atoms with E-state index in [1.165, 1.54) is 0 Å². The molecule has 0 unspecified atom stereocenters. The maximum atomic E-state index is 12.2. The summed E-state index contributed by atoms with van der Waals surface area (Å²) in [6.45, 7) is 0. The predicted molar refractivity (Wildman–Crippen MR) is 112 cm³/mol. The SMILES string of the molecule is OC1(c2ccccc2-c2cccc(Cl)c2)c2ccccc2Oc2ccccc21. The van der Waals surface area contributed by atoms with E-state index < -0.39 is 5.60 Å². The fraction of sp³-hybridized carbons (Fsp3) is 0.0400. The summed E-state index contributed by atoms with van der Waals surface area (Å²) >= 11 is 6.25. The summed E-state index contributed by atoms with van der Waals surface area (Å²) in [5, 5.41) is 12.9. The lowest BCUT2D eigenvalue weighted by atomic mass is 9.75. The van der Waals surface area contributed by atoms with Gasteiger partial charge >= 0.3 is 0 Å². The van der Waals surface area contributed by atoms with Crippen molar-refractivity contribution in [1.82, 2.24) is 0 Å². The Balaban J connectivity index is 1.84.